The second-order valence-corrected chi connectivity index (χ2v) is 5.42. The summed E-state index contributed by atoms with van der Waals surface area (Å²) in [6.07, 6.45) is 7.48. The molecule has 4 nitrogen and oxygen atoms in total. The number of rotatable bonds is 3. The molecule has 1 aliphatic carbocycles. The first-order valence-corrected chi connectivity index (χ1v) is 7.09. The molecule has 0 saturated heterocycles. The van der Waals surface area contributed by atoms with Crippen molar-refractivity contribution in [3.63, 3.8) is 0 Å². The lowest BCUT2D eigenvalue weighted by Crippen LogP contribution is -2.45. The number of nitrogens with zero attached hydrogens (tertiary/aromatic N) is 2. The van der Waals surface area contributed by atoms with Crippen molar-refractivity contribution in [2.45, 2.75) is 31.8 Å². The second kappa shape index (κ2) is 5.49. The van der Waals surface area contributed by atoms with Gasteiger partial charge < -0.3 is 10.6 Å². The first kappa shape index (κ1) is 12.9. The quantitative estimate of drug-likeness (QED) is 0.858. The molecule has 1 heterocycles. The van der Waals surface area contributed by atoms with Gasteiger partial charge in [0.15, 0.2) is 0 Å². The van der Waals surface area contributed by atoms with Crippen molar-refractivity contribution in [1.29, 1.82) is 0 Å². The SMILES string of the molecule is NC1=NC(=O)N(Cc2ccccc2)C1C1CC=CCC1. The lowest BCUT2D eigenvalue weighted by molar-refractivity contribution is 0.182. The summed E-state index contributed by atoms with van der Waals surface area (Å²) in [5.74, 6) is 0.866. The van der Waals surface area contributed by atoms with Gasteiger partial charge in [0, 0.05) is 6.54 Å². The number of urea groups is 1. The molecule has 20 heavy (non-hydrogen) atoms. The van der Waals surface area contributed by atoms with Crippen LogP contribution in [0.2, 0.25) is 0 Å². The molecule has 1 aromatic carbocycles. The zero-order valence-electron chi connectivity index (χ0n) is 11.4. The molecule has 2 unspecified atom stereocenters. The van der Waals surface area contributed by atoms with E-state index in [0.717, 1.165) is 24.8 Å². The molecule has 1 aromatic rings. The predicted molar refractivity (Wildman–Crippen MR) is 79.3 cm³/mol. The molecule has 104 valence electrons. The van der Waals surface area contributed by atoms with Crippen LogP contribution in [-0.4, -0.2) is 22.8 Å². The van der Waals surface area contributed by atoms with Gasteiger partial charge in [0.05, 0.1) is 6.04 Å². The minimum Gasteiger partial charge on any atom is -0.385 e. The van der Waals surface area contributed by atoms with E-state index in [1.807, 2.05) is 35.2 Å². The van der Waals surface area contributed by atoms with E-state index in [9.17, 15) is 4.79 Å². The molecule has 0 saturated carbocycles. The van der Waals surface area contributed by atoms with Gasteiger partial charge in [0.25, 0.3) is 0 Å². The number of carbonyl (C=O) groups is 1. The Morgan fingerprint density at radius 3 is 2.75 bits per heavy atom. The molecule has 0 spiro atoms. The maximum atomic E-state index is 12.1. The Balaban J connectivity index is 1.80. The van der Waals surface area contributed by atoms with Crippen molar-refractivity contribution in [3.8, 4) is 0 Å². The number of carbonyl (C=O) groups excluding carboxylic acids is 1. The Labute approximate surface area is 119 Å². The van der Waals surface area contributed by atoms with Crippen LogP contribution in [0.3, 0.4) is 0 Å². The second-order valence-electron chi connectivity index (χ2n) is 5.42. The Hall–Kier alpha value is -2.10. The topological polar surface area (TPSA) is 58.7 Å². The summed E-state index contributed by atoms with van der Waals surface area (Å²) in [6.45, 7) is 0.578. The van der Waals surface area contributed by atoms with Crippen LogP contribution in [0.25, 0.3) is 0 Å². The van der Waals surface area contributed by atoms with E-state index in [1.165, 1.54) is 0 Å². The van der Waals surface area contributed by atoms with Gasteiger partial charge >= 0.3 is 6.03 Å². The fraction of sp³-hybridized carbons (Fsp3) is 0.375. The van der Waals surface area contributed by atoms with E-state index in [2.05, 4.69) is 17.1 Å². The lowest BCUT2D eigenvalue weighted by Gasteiger charge is -2.32. The summed E-state index contributed by atoms with van der Waals surface area (Å²) in [5.41, 5.74) is 7.12. The largest absolute Gasteiger partial charge is 0.385 e. The number of benzene rings is 1. The molecule has 2 amide bonds. The van der Waals surface area contributed by atoms with Crippen molar-refractivity contribution < 1.29 is 4.79 Å². The normalized spacial score (nSPS) is 25.9. The first-order valence-electron chi connectivity index (χ1n) is 7.09. The van der Waals surface area contributed by atoms with Crippen LogP contribution in [-0.2, 0) is 6.54 Å². The highest BCUT2D eigenvalue weighted by atomic mass is 16.2. The molecular formula is C16H19N3O. The van der Waals surface area contributed by atoms with Crippen LogP contribution in [0.5, 0.6) is 0 Å². The van der Waals surface area contributed by atoms with Crippen LogP contribution in [0.15, 0.2) is 47.5 Å². The van der Waals surface area contributed by atoms with Gasteiger partial charge in [-0.05, 0) is 30.7 Å². The summed E-state index contributed by atoms with van der Waals surface area (Å²) in [4.78, 5) is 17.9. The van der Waals surface area contributed by atoms with Crippen molar-refractivity contribution in [2.24, 2.45) is 16.6 Å². The van der Waals surface area contributed by atoms with Gasteiger partial charge in [0.2, 0.25) is 0 Å². The Kier molecular flexibility index (Phi) is 3.54. The van der Waals surface area contributed by atoms with Gasteiger partial charge in [-0.1, -0.05) is 42.5 Å². The Bertz CT molecular complexity index is 550. The predicted octanol–water partition coefficient (Wildman–Crippen LogP) is 2.70. The standard InChI is InChI=1S/C16H19N3O/c17-15-14(13-9-5-2-6-10-13)19(16(20)18-15)11-12-7-3-1-4-8-12/h1-5,7-8,13-14H,6,9-11H2,(H2,17,18,20). The monoisotopic (exact) mass is 269 g/mol. The summed E-state index contributed by atoms with van der Waals surface area (Å²) in [5, 5.41) is 0. The number of hydrogen-bond acceptors (Lipinski definition) is 2. The Morgan fingerprint density at radius 2 is 2.05 bits per heavy atom. The van der Waals surface area contributed by atoms with Crippen LogP contribution in [0, 0.1) is 5.92 Å². The third-order valence-corrected chi connectivity index (χ3v) is 4.06. The van der Waals surface area contributed by atoms with Crippen molar-refractivity contribution >= 4 is 11.9 Å². The van der Waals surface area contributed by atoms with Gasteiger partial charge in [-0.3, -0.25) is 0 Å². The third-order valence-electron chi connectivity index (χ3n) is 4.06. The zero-order chi connectivity index (χ0) is 13.9. The van der Waals surface area contributed by atoms with E-state index < -0.39 is 0 Å². The molecular weight excluding hydrogens is 250 g/mol. The van der Waals surface area contributed by atoms with Crippen LogP contribution in [0.4, 0.5) is 4.79 Å². The number of nitrogens with two attached hydrogens (primary N) is 1. The molecule has 2 aliphatic rings. The molecule has 3 rings (SSSR count). The van der Waals surface area contributed by atoms with E-state index >= 15 is 0 Å². The molecule has 0 aromatic heterocycles. The van der Waals surface area contributed by atoms with Crippen LogP contribution >= 0.6 is 0 Å². The van der Waals surface area contributed by atoms with Crippen molar-refractivity contribution in [2.75, 3.05) is 0 Å². The van der Waals surface area contributed by atoms with Crippen LogP contribution in [0.1, 0.15) is 24.8 Å². The third kappa shape index (κ3) is 2.46. The minimum absolute atomic E-state index is 0.0485. The molecule has 0 radical (unpaired) electrons. The van der Waals surface area contributed by atoms with Gasteiger partial charge in [0.1, 0.15) is 5.84 Å². The number of aliphatic imine (C=N–C) groups is 1. The highest BCUT2D eigenvalue weighted by molar-refractivity contribution is 6.03. The van der Waals surface area contributed by atoms with E-state index in [0.29, 0.717) is 18.3 Å². The zero-order valence-corrected chi connectivity index (χ0v) is 11.4. The molecule has 2 atom stereocenters. The Morgan fingerprint density at radius 1 is 1.25 bits per heavy atom. The average Bonchev–Trinajstić information content (AvgIpc) is 2.75. The summed E-state index contributed by atoms with van der Waals surface area (Å²) >= 11 is 0. The summed E-state index contributed by atoms with van der Waals surface area (Å²) in [7, 11) is 0. The first-order chi connectivity index (χ1) is 9.75. The van der Waals surface area contributed by atoms with Crippen molar-refractivity contribution in [3.05, 3.63) is 48.0 Å². The number of hydrogen-bond donors (Lipinski definition) is 1. The van der Waals surface area contributed by atoms with Gasteiger partial charge in [-0.2, -0.15) is 4.99 Å². The highest BCUT2D eigenvalue weighted by Crippen LogP contribution is 2.29. The van der Waals surface area contributed by atoms with E-state index in [1.54, 1.807) is 0 Å². The van der Waals surface area contributed by atoms with Gasteiger partial charge in [-0.15, -0.1) is 0 Å². The number of allylic oxidation sites excluding steroid dienone is 2. The number of amides is 2. The number of amidine groups is 1. The maximum absolute atomic E-state index is 12.1. The van der Waals surface area contributed by atoms with Gasteiger partial charge in [-0.25, -0.2) is 4.79 Å². The highest BCUT2D eigenvalue weighted by Gasteiger charge is 2.38. The van der Waals surface area contributed by atoms with E-state index in [4.69, 9.17) is 5.73 Å². The molecule has 1 aliphatic heterocycles. The molecule has 4 heteroatoms. The average molecular weight is 269 g/mol. The fourth-order valence-corrected chi connectivity index (χ4v) is 3.07. The molecule has 0 fully saturated rings. The minimum atomic E-state index is -0.203. The fourth-order valence-electron chi connectivity index (χ4n) is 3.07. The lowest BCUT2D eigenvalue weighted by atomic mass is 9.86. The molecule has 2 N–H and O–H groups in total. The summed E-state index contributed by atoms with van der Waals surface area (Å²) < 4.78 is 0. The van der Waals surface area contributed by atoms with Crippen LogP contribution < -0.4 is 5.73 Å². The molecule has 0 bridgehead atoms. The smallest absolute Gasteiger partial charge is 0.346 e. The maximum Gasteiger partial charge on any atom is 0.346 e. The summed E-state index contributed by atoms with van der Waals surface area (Å²) in [6, 6.07) is 9.75. The van der Waals surface area contributed by atoms with E-state index in [-0.39, 0.29) is 12.1 Å². The van der Waals surface area contributed by atoms with Crippen molar-refractivity contribution in [1.82, 2.24) is 4.90 Å².